The number of aryl methyl sites for hydroxylation is 1. The van der Waals surface area contributed by atoms with E-state index in [-0.39, 0.29) is 16.4 Å². The van der Waals surface area contributed by atoms with E-state index >= 15 is 0 Å². The maximum atomic E-state index is 14.4. The number of rotatable bonds is 9. The summed E-state index contributed by atoms with van der Waals surface area (Å²) in [7, 11) is -2.60. The zero-order valence-corrected chi connectivity index (χ0v) is 21.9. The van der Waals surface area contributed by atoms with E-state index in [9.17, 15) is 17.6 Å². The molecule has 0 aliphatic carbocycles. The van der Waals surface area contributed by atoms with Crippen LogP contribution in [0.25, 0.3) is 5.69 Å². The van der Waals surface area contributed by atoms with Gasteiger partial charge in [-0.15, -0.1) is 0 Å². The lowest BCUT2D eigenvalue weighted by Gasteiger charge is -2.24. The molecule has 4 aromatic rings. The Morgan fingerprint density at radius 3 is 2.45 bits per heavy atom. The van der Waals surface area contributed by atoms with Gasteiger partial charge in [0.05, 0.1) is 29.6 Å². The van der Waals surface area contributed by atoms with Crippen molar-refractivity contribution in [1.29, 1.82) is 0 Å². The van der Waals surface area contributed by atoms with Crippen LogP contribution in [-0.4, -0.2) is 38.8 Å². The topological polar surface area (TPSA) is 93.0 Å². The summed E-state index contributed by atoms with van der Waals surface area (Å²) in [5, 5.41) is 4.03. The standard InChI is InChI=1S/C28H27FN4O4S/c1-20-16-22(21(2)33(20)27-15-8-7-14-26(27)29)18-30-31-28(34)19-32(23-10-9-11-24(17-23)37-3)38(35,36)25-12-5-4-6-13-25/h4-18H,19H2,1-3H3,(H,31,34)/b30-18-. The van der Waals surface area contributed by atoms with E-state index < -0.39 is 22.5 Å². The van der Waals surface area contributed by atoms with E-state index in [1.807, 2.05) is 19.9 Å². The number of carbonyl (C=O) groups excluding carboxylic acids is 1. The molecule has 0 fully saturated rings. The highest BCUT2D eigenvalue weighted by atomic mass is 32.2. The van der Waals surface area contributed by atoms with E-state index in [0.29, 0.717) is 17.0 Å². The number of hydrogen-bond donors (Lipinski definition) is 1. The molecule has 1 N–H and O–H groups in total. The zero-order chi connectivity index (χ0) is 27.3. The fourth-order valence-electron chi connectivity index (χ4n) is 4.06. The van der Waals surface area contributed by atoms with Gasteiger partial charge in [-0.3, -0.25) is 9.10 Å². The Morgan fingerprint density at radius 1 is 1.03 bits per heavy atom. The van der Waals surface area contributed by atoms with Gasteiger partial charge >= 0.3 is 0 Å². The molecular weight excluding hydrogens is 507 g/mol. The number of benzene rings is 3. The smallest absolute Gasteiger partial charge is 0.264 e. The predicted octanol–water partition coefficient (Wildman–Crippen LogP) is 4.59. The van der Waals surface area contributed by atoms with Gasteiger partial charge in [-0.1, -0.05) is 36.4 Å². The molecule has 1 aromatic heterocycles. The molecule has 38 heavy (non-hydrogen) atoms. The van der Waals surface area contributed by atoms with Crippen LogP contribution < -0.4 is 14.5 Å². The van der Waals surface area contributed by atoms with Crippen LogP contribution in [0.15, 0.2) is 94.9 Å². The molecule has 1 amide bonds. The minimum atomic E-state index is -4.07. The summed E-state index contributed by atoms with van der Waals surface area (Å²) >= 11 is 0. The zero-order valence-electron chi connectivity index (χ0n) is 21.1. The normalized spacial score (nSPS) is 11.5. The van der Waals surface area contributed by atoms with Gasteiger partial charge in [-0.25, -0.2) is 18.2 Å². The van der Waals surface area contributed by atoms with Gasteiger partial charge in [0.1, 0.15) is 18.1 Å². The van der Waals surface area contributed by atoms with Gasteiger partial charge < -0.3 is 9.30 Å². The molecule has 8 nitrogen and oxygen atoms in total. The summed E-state index contributed by atoms with van der Waals surface area (Å²) in [5.74, 6) is -0.561. The molecule has 196 valence electrons. The van der Waals surface area contributed by atoms with E-state index in [0.717, 1.165) is 15.7 Å². The van der Waals surface area contributed by atoms with E-state index in [4.69, 9.17) is 4.74 Å². The Kier molecular flexibility index (Phi) is 7.92. The number of nitrogens with one attached hydrogen (secondary N) is 1. The average Bonchev–Trinajstić information content (AvgIpc) is 3.20. The molecule has 0 bridgehead atoms. The molecule has 0 atom stereocenters. The molecule has 0 aliphatic heterocycles. The lowest BCUT2D eigenvalue weighted by molar-refractivity contribution is -0.119. The van der Waals surface area contributed by atoms with Crippen molar-refractivity contribution >= 4 is 27.8 Å². The SMILES string of the molecule is COc1cccc(N(CC(=O)N/N=C\c2cc(C)n(-c3ccccc3F)c2C)S(=O)(=O)c2ccccc2)c1. The number of methoxy groups -OCH3 is 1. The number of nitrogens with zero attached hydrogens (tertiary/aromatic N) is 3. The highest BCUT2D eigenvalue weighted by molar-refractivity contribution is 7.92. The van der Waals surface area contributed by atoms with Crippen LogP contribution >= 0.6 is 0 Å². The van der Waals surface area contributed by atoms with Crippen LogP contribution in [-0.2, 0) is 14.8 Å². The monoisotopic (exact) mass is 534 g/mol. The summed E-state index contributed by atoms with van der Waals surface area (Å²) in [6, 6.07) is 22.6. The Bertz CT molecular complexity index is 1580. The fourth-order valence-corrected chi connectivity index (χ4v) is 5.50. The van der Waals surface area contributed by atoms with Crippen molar-refractivity contribution < 1.29 is 22.3 Å². The summed E-state index contributed by atoms with van der Waals surface area (Å²) in [5.41, 5.74) is 5.27. The second-order valence-electron chi connectivity index (χ2n) is 8.43. The van der Waals surface area contributed by atoms with Crippen molar-refractivity contribution in [2.24, 2.45) is 5.10 Å². The summed E-state index contributed by atoms with van der Waals surface area (Å²) in [6.45, 7) is 3.14. The Morgan fingerprint density at radius 2 is 1.74 bits per heavy atom. The van der Waals surface area contributed by atoms with Crippen LogP contribution in [0.3, 0.4) is 0 Å². The molecule has 0 unspecified atom stereocenters. The fraction of sp³-hybridized carbons (Fsp3) is 0.143. The summed E-state index contributed by atoms with van der Waals surface area (Å²) < 4.78 is 49.2. The number of halogens is 1. The van der Waals surface area contributed by atoms with Gasteiger partial charge in [0.2, 0.25) is 0 Å². The van der Waals surface area contributed by atoms with Crippen LogP contribution in [0, 0.1) is 19.7 Å². The van der Waals surface area contributed by atoms with Crippen molar-refractivity contribution in [1.82, 2.24) is 9.99 Å². The van der Waals surface area contributed by atoms with Gasteiger partial charge in [-0.2, -0.15) is 5.10 Å². The number of para-hydroxylation sites is 1. The van der Waals surface area contributed by atoms with Crippen LogP contribution in [0.4, 0.5) is 10.1 Å². The molecule has 0 saturated heterocycles. The van der Waals surface area contributed by atoms with E-state index in [1.54, 1.807) is 59.2 Å². The first kappa shape index (κ1) is 26.6. The van der Waals surface area contributed by atoms with Gasteiger partial charge in [0.25, 0.3) is 15.9 Å². The Labute approximate surface area is 221 Å². The van der Waals surface area contributed by atoms with Crippen molar-refractivity contribution in [2.45, 2.75) is 18.7 Å². The van der Waals surface area contributed by atoms with Gasteiger partial charge in [-0.05, 0) is 56.3 Å². The minimum Gasteiger partial charge on any atom is -0.497 e. The number of hydrazone groups is 1. The van der Waals surface area contributed by atoms with E-state index in [1.165, 1.54) is 37.6 Å². The number of anilines is 1. The number of aromatic nitrogens is 1. The maximum absolute atomic E-state index is 14.4. The van der Waals surface area contributed by atoms with Crippen LogP contribution in [0.1, 0.15) is 17.0 Å². The molecule has 10 heteroatoms. The van der Waals surface area contributed by atoms with E-state index in [2.05, 4.69) is 10.5 Å². The predicted molar refractivity (Wildman–Crippen MR) is 145 cm³/mol. The molecule has 0 aliphatic rings. The molecule has 0 spiro atoms. The third-order valence-corrected chi connectivity index (χ3v) is 7.70. The average molecular weight is 535 g/mol. The van der Waals surface area contributed by atoms with Crippen LogP contribution in [0.2, 0.25) is 0 Å². The summed E-state index contributed by atoms with van der Waals surface area (Å²) in [4.78, 5) is 12.9. The first-order valence-corrected chi connectivity index (χ1v) is 13.1. The number of hydrogen-bond acceptors (Lipinski definition) is 5. The van der Waals surface area contributed by atoms with Gasteiger partial charge in [0, 0.05) is 23.0 Å². The molecule has 0 radical (unpaired) electrons. The third kappa shape index (κ3) is 5.60. The first-order valence-electron chi connectivity index (χ1n) is 11.7. The molecular formula is C28H27FN4O4S. The third-order valence-electron chi connectivity index (χ3n) is 5.92. The maximum Gasteiger partial charge on any atom is 0.264 e. The van der Waals surface area contributed by atoms with Crippen molar-refractivity contribution in [3.8, 4) is 11.4 Å². The molecule has 1 heterocycles. The van der Waals surface area contributed by atoms with Crippen molar-refractivity contribution in [3.63, 3.8) is 0 Å². The Hall–Kier alpha value is -4.44. The lowest BCUT2D eigenvalue weighted by atomic mass is 10.2. The Balaban J connectivity index is 1.57. The summed E-state index contributed by atoms with van der Waals surface area (Å²) in [6.07, 6.45) is 1.44. The van der Waals surface area contributed by atoms with Gasteiger partial charge in [0.15, 0.2) is 0 Å². The number of carbonyl (C=O) groups is 1. The highest BCUT2D eigenvalue weighted by Gasteiger charge is 2.27. The van der Waals surface area contributed by atoms with Crippen molar-refractivity contribution in [2.75, 3.05) is 18.0 Å². The number of sulfonamides is 1. The quantitative estimate of drug-likeness (QED) is 0.251. The second-order valence-corrected chi connectivity index (χ2v) is 10.3. The largest absolute Gasteiger partial charge is 0.497 e. The highest BCUT2D eigenvalue weighted by Crippen LogP contribution is 2.27. The molecule has 3 aromatic carbocycles. The first-order chi connectivity index (χ1) is 18.2. The second kappa shape index (κ2) is 11.3. The number of amides is 1. The molecule has 4 rings (SSSR count). The van der Waals surface area contributed by atoms with Crippen LogP contribution in [0.5, 0.6) is 5.75 Å². The molecule has 0 saturated carbocycles. The lowest BCUT2D eigenvalue weighted by Crippen LogP contribution is -2.39. The van der Waals surface area contributed by atoms with Crippen molar-refractivity contribution in [3.05, 3.63) is 108 Å². The number of ether oxygens (including phenoxy) is 1. The minimum absolute atomic E-state index is 0.0414.